The highest BCUT2D eigenvalue weighted by Crippen LogP contribution is 2.32. The Bertz CT molecular complexity index is 1020. The van der Waals surface area contributed by atoms with Crippen molar-refractivity contribution in [2.45, 2.75) is 0 Å². The molecule has 4 aromatic rings. The van der Waals surface area contributed by atoms with Crippen LogP contribution in [0.1, 0.15) is 10.4 Å². The molecule has 26 heavy (non-hydrogen) atoms. The summed E-state index contributed by atoms with van der Waals surface area (Å²) in [5.74, 6) is 2.11. The molecule has 1 heterocycles. The summed E-state index contributed by atoms with van der Waals surface area (Å²) in [6.45, 7) is 0. The second kappa shape index (κ2) is 7.07. The first kappa shape index (κ1) is 15.8. The van der Waals surface area contributed by atoms with Crippen LogP contribution in [0.2, 0.25) is 0 Å². The van der Waals surface area contributed by atoms with Crippen molar-refractivity contribution in [1.29, 1.82) is 0 Å². The van der Waals surface area contributed by atoms with Gasteiger partial charge < -0.3 is 4.74 Å². The molecule has 0 atom stereocenters. The maximum Gasteiger partial charge on any atom is 0.152 e. The number of rotatable bonds is 5. The van der Waals surface area contributed by atoms with Crippen molar-refractivity contribution in [2.75, 3.05) is 0 Å². The van der Waals surface area contributed by atoms with Gasteiger partial charge in [0.05, 0.1) is 5.69 Å². The zero-order chi connectivity index (χ0) is 17.8. The average molecular weight is 340 g/mol. The summed E-state index contributed by atoms with van der Waals surface area (Å²) < 4.78 is 8.02. The fourth-order valence-corrected chi connectivity index (χ4v) is 2.80. The van der Waals surface area contributed by atoms with E-state index in [-0.39, 0.29) is 0 Å². The molecule has 0 amide bonds. The highest BCUT2D eigenvalue weighted by atomic mass is 16.5. The molecule has 1 aromatic heterocycles. The Hall–Kier alpha value is -3.66. The van der Waals surface area contributed by atoms with Gasteiger partial charge in [0, 0.05) is 23.5 Å². The van der Waals surface area contributed by atoms with E-state index >= 15 is 0 Å². The van der Waals surface area contributed by atoms with Gasteiger partial charge in [-0.25, -0.2) is 4.98 Å². The van der Waals surface area contributed by atoms with Crippen LogP contribution in [0.15, 0.2) is 91.3 Å². The molecular formula is C22H16N2O2. The first-order valence-corrected chi connectivity index (χ1v) is 8.26. The second-order valence-electron chi connectivity index (χ2n) is 5.75. The van der Waals surface area contributed by atoms with Gasteiger partial charge in [0.25, 0.3) is 0 Å². The number of aldehydes is 1. The topological polar surface area (TPSA) is 44.1 Å². The number of carbonyl (C=O) groups excluding carboxylic acids is 1. The van der Waals surface area contributed by atoms with Gasteiger partial charge in [-0.15, -0.1) is 0 Å². The number of para-hydroxylation sites is 1. The van der Waals surface area contributed by atoms with Crippen molar-refractivity contribution in [3.63, 3.8) is 0 Å². The van der Waals surface area contributed by atoms with Crippen LogP contribution in [0, 0.1) is 0 Å². The lowest BCUT2D eigenvalue weighted by atomic mass is 10.1. The molecule has 0 bridgehead atoms. The molecule has 0 saturated heterocycles. The van der Waals surface area contributed by atoms with Crippen LogP contribution in [0.3, 0.4) is 0 Å². The Kier molecular flexibility index (Phi) is 4.31. The summed E-state index contributed by atoms with van der Waals surface area (Å²) in [4.78, 5) is 15.7. The maximum atomic E-state index is 11.2. The summed E-state index contributed by atoms with van der Waals surface area (Å²) in [5.41, 5.74) is 2.37. The van der Waals surface area contributed by atoms with Crippen LogP contribution in [-0.4, -0.2) is 15.8 Å². The fourth-order valence-electron chi connectivity index (χ4n) is 2.80. The van der Waals surface area contributed by atoms with E-state index < -0.39 is 0 Å². The van der Waals surface area contributed by atoms with Gasteiger partial charge >= 0.3 is 0 Å². The molecule has 0 N–H and O–H groups in total. The predicted octanol–water partition coefficient (Wildman–Crippen LogP) is 5.14. The summed E-state index contributed by atoms with van der Waals surface area (Å²) >= 11 is 0. The molecule has 0 aliphatic carbocycles. The molecular weight excluding hydrogens is 324 g/mol. The normalized spacial score (nSPS) is 10.5. The average Bonchev–Trinajstić information content (AvgIpc) is 3.19. The number of nitrogens with zero attached hydrogens (tertiary/aromatic N) is 2. The second-order valence-corrected chi connectivity index (χ2v) is 5.75. The molecule has 3 aromatic carbocycles. The Balaban J connectivity index is 1.83. The zero-order valence-corrected chi connectivity index (χ0v) is 13.9. The van der Waals surface area contributed by atoms with Crippen molar-refractivity contribution in [2.24, 2.45) is 0 Å². The third-order valence-corrected chi connectivity index (χ3v) is 4.02. The molecule has 0 saturated carbocycles. The van der Waals surface area contributed by atoms with E-state index in [1.807, 2.05) is 77.5 Å². The molecule has 0 aliphatic heterocycles. The number of benzene rings is 3. The van der Waals surface area contributed by atoms with Gasteiger partial charge in [0.2, 0.25) is 0 Å². The minimum atomic E-state index is 0.557. The predicted molar refractivity (Wildman–Crippen MR) is 101 cm³/mol. The van der Waals surface area contributed by atoms with E-state index in [9.17, 15) is 4.79 Å². The number of imidazole rings is 1. The summed E-state index contributed by atoms with van der Waals surface area (Å²) in [7, 11) is 0. The monoisotopic (exact) mass is 340 g/mol. The van der Waals surface area contributed by atoms with Crippen molar-refractivity contribution in [3.05, 3.63) is 96.8 Å². The number of carbonyl (C=O) groups is 1. The van der Waals surface area contributed by atoms with Crippen LogP contribution in [0.25, 0.3) is 17.1 Å². The molecule has 0 aliphatic rings. The minimum Gasteiger partial charge on any atom is -0.455 e. The quantitative estimate of drug-likeness (QED) is 0.472. The van der Waals surface area contributed by atoms with Gasteiger partial charge in [0.1, 0.15) is 17.9 Å². The first-order valence-electron chi connectivity index (χ1n) is 8.26. The highest BCUT2D eigenvalue weighted by Gasteiger charge is 2.13. The SMILES string of the molecule is O=Cc1ccc(-n2ccnc2-c2ccccc2)c(Oc2ccccc2)c1. The van der Waals surface area contributed by atoms with E-state index in [2.05, 4.69) is 4.98 Å². The number of ether oxygens (including phenoxy) is 1. The van der Waals surface area contributed by atoms with Crippen LogP contribution in [-0.2, 0) is 0 Å². The molecule has 126 valence electrons. The summed E-state index contributed by atoms with van der Waals surface area (Å²) in [5, 5.41) is 0. The van der Waals surface area contributed by atoms with Crippen LogP contribution >= 0.6 is 0 Å². The Labute approximate surface area is 151 Å². The van der Waals surface area contributed by atoms with Gasteiger partial charge in [0.15, 0.2) is 5.75 Å². The van der Waals surface area contributed by atoms with E-state index in [1.165, 1.54) is 0 Å². The lowest BCUT2D eigenvalue weighted by Gasteiger charge is -2.14. The molecule has 0 fully saturated rings. The van der Waals surface area contributed by atoms with Crippen molar-refractivity contribution < 1.29 is 9.53 Å². The third kappa shape index (κ3) is 3.13. The van der Waals surface area contributed by atoms with Crippen LogP contribution < -0.4 is 4.74 Å². The lowest BCUT2D eigenvalue weighted by molar-refractivity contribution is 0.112. The number of hydrogen-bond acceptors (Lipinski definition) is 3. The molecule has 4 heteroatoms. The third-order valence-electron chi connectivity index (χ3n) is 4.02. The summed E-state index contributed by atoms with van der Waals surface area (Å²) in [6, 6.07) is 24.8. The van der Waals surface area contributed by atoms with Crippen molar-refractivity contribution in [1.82, 2.24) is 9.55 Å². The van der Waals surface area contributed by atoms with Crippen LogP contribution in [0.5, 0.6) is 11.5 Å². The fraction of sp³-hybridized carbons (Fsp3) is 0. The highest BCUT2D eigenvalue weighted by molar-refractivity contribution is 5.77. The Morgan fingerprint density at radius 1 is 0.885 bits per heavy atom. The molecule has 4 rings (SSSR count). The van der Waals surface area contributed by atoms with Crippen LogP contribution in [0.4, 0.5) is 0 Å². The van der Waals surface area contributed by atoms with Crippen molar-refractivity contribution in [3.8, 4) is 28.6 Å². The van der Waals surface area contributed by atoms with Gasteiger partial charge in [-0.3, -0.25) is 9.36 Å². The Morgan fingerprint density at radius 3 is 2.35 bits per heavy atom. The molecule has 0 spiro atoms. The van der Waals surface area contributed by atoms with Gasteiger partial charge in [-0.05, 0) is 30.3 Å². The summed E-state index contributed by atoms with van der Waals surface area (Å²) in [6.07, 6.45) is 4.45. The number of aromatic nitrogens is 2. The zero-order valence-electron chi connectivity index (χ0n) is 13.9. The van der Waals surface area contributed by atoms with E-state index in [4.69, 9.17) is 4.74 Å². The van der Waals surface area contributed by atoms with E-state index in [1.54, 1.807) is 18.3 Å². The maximum absolute atomic E-state index is 11.2. The smallest absolute Gasteiger partial charge is 0.152 e. The van der Waals surface area contributed by atoms with Gasteiger partial charge in [-0.2, -0.15) is 0 Å². The van der Waals surface area contributed by atoms with Crippen molar-refractivity contribution >= 4 is 6.29 Å². The number of hydrogen-bond donors (Lipinski definition) is 0. The Morgan fingerprint density at radius 2 is 1.62 bits per heavy atom. The van der Waals surface area contributed by atoms with E-state index in [0.29, 0.717) is 17.1 Å². The largest absolute Gasteiger partial charge is 0.455 e. The first-order chi connectivity index (χ1) is 12.8. The molecule has 0 unspecified atom stereocenters. The molecule has 4 nitrogen and oxygen atoms in total. The molecule has 0 radical (unpaired) electrons. The van der Waals surface area contributed by atoms with E-state index in [0.717, 1.165) is 23.4 Å². The lowest BCUT2D eigenvalue weighted by Crippen LogP contribution is -2.00. The standard InChI is InChI=1S/C22H16N2O2/c25-16-17-11-12-20(21(15-17)26-19-9-5-2-6-10-19)24-14-13-23-22(24)18-7-3-1-4-8-18/h1-16H. The minimum absolute atomic E-state index is 0.557. The van der Waals surface area contributed by atoms with Gasteiger partial charge in [-0.1, -0.05) is 48.5 Å².